The van der Waals surface area contributed by atoms with Gasteiger partial charge in [0.2, 0.25) is 5.95 Å². The summed E-state index contributed by atoms with van der Waals surface area (Å²) in [7, 11) is 0. The van der Waals surface area contributed by atoms with Gasteiger partial charge < -0.3 is 15.2 Å². The Morgan fingerprint density at radius 2 is 1.91 bits per heavy atom. The number of aliphatic imine (C=N–C) groups is 1. The van der Waals surface area contributed by atoms with Gasteiger partial charge in [-0.15, -0.1) is 0 Å². The summed E-state index contributed by atoms with van der Waals surface area (Å²) in [5, 5.41) is 0.534. The van der Waals surface area contributed by atoms with Gasteiger partial charge in [-0.25, -0.2) is 9.98 Å². The van der Waals surface area contributed by atoms with Crippen LogP contribution in [0.1, 0.15) is 35.6 Å². The van der Waals surface area contributed by atoms with Crippen LogP contribution < -0.4 is 10.5 Å². The molecule has 8 heteroatoms. The quantitative estimate of drug-likeness (QED) is 0.578. The Balaban J connectivity index is 1.51. The third-order valence-corrected chi connectivity index (χ3v) is 7.37. The summed E-state index contributed by atoms with van der Waals surface area (Å²) >= 11 is 1.52. The summed E-state index contributed by atoms with van der Waals surface area (Å²) < 4.78 is 26.2. The topological polar surface area (TPSA) is 82.6 Å². The first kappa shape index (κ1) is 19.7. The number of thioether (sulfide) groups is 1. The van der Waals surface area contributed by atoms with Crippen molar-refractivity contribution in [2.45, 2.75) is 24.3 Å². The van der Waals surface area contributed by atoms with Crippen LogP contribution in [0.25, 0.3) is 11.1 Å². The summed E-state index contributed by atoms with van der Waals surface area (Å²) in [6, 6.07) is 11.2. The van der Waals surface area contributed by atoms with Crippen molar-refractivity contribution in [3.63, 3.8) is 0 Å². The Labute approximate surface area is 189 Å². The van der Waals surface area contributed by atoms with Gasteiger partial charge in [-0.05, 0) is 48.7 Å². The maximum Gasteiger partial charge on any atom is 0.220 e. The fraction of sp³-hybridized carbons (Fsp3) is 0.292. The van der Waals surface area contributed by atoms with Crippen molar-refractivity contribution in [2.75, 3.05) is 19.0 Å². The summed E-state index contributed by atoms with van der Waals surface area (Å²) in [4.78, 5) is 13.4. The van der Waals surface area contributed by atoms with Crippen LogP contribution in [0.3, 0.4) is 0 Å². The van der Waals surface area contributed by atoms with E-state index >= 15 is 0 Å². The minimum atomic E-state index is -0.699. The van der Waals surface area contributed by atoms with Crippen LogP contribution in [0.2, 0.25) is 0 Å². The predicted octanol–water partition coefficient (Wildman–Crippen LogP) is 4.59. The maximum atomic E-state index is 14.4. The summed E-state index contributed by atoms with van der Waals surface area (Å²) in [5.41, 5.74) is 9.51. The standard InChI is InChI=1S/C24H21FN4O2S/c25-22-16(2-1-7-27-22)15-3-4-20-17(10-15)24(13-32-23(26)29-24)18-11-19(28-12-21(18)31-20)14-5-8-30-9-6-14/h1-4,7,10-12,14H,5-6,8-9,13H2,(H2,26,29)/t24-/m0/s1. The molecule has 6 rings (SSSR count). The molecule has 1 atom stereocenters. The molecule has 162 valence electrons. The molecule has 1 spiro atoms. The van der Waals surface area contributed by atoms with Crippen LogP contribution in [0, 0.1) is 5.95 Å². The highest BCUT2D eigenvalue weighted by molar-refractivity contribution is 8.14. The lowest BCUT2D eigenvalue weighted by atomic mass is 9.80. The Kier molecular flexibility index (Phi) is 4.66. The first-order valence-corrected chi connectivity index (χ1v) is 11.6. The van der Waals surface area contributed by atoms with Crippen LogP contribution in [0.5, 0.6) is 11.5 Å². The highest BCUT2D eigenvalue weighted by Gasteiger charge is 2.46. The molecule has 2 aromatic heterocycles. The van der Waals surface area contributed by atoms with Crippen LogP contribution in [0.4, 0.5) is 4.39 Å². The lowest BCUT2D eigenvalue weighted by molar-refractivity contribution is 0.0844. The number of hydrogen-bond donors (Lipinski definition) is 1. The maximum absolute atomic E-state index is 14.4. The second kappa shape index (κ2) is 7.56. The summed E-state index contributed by atoms with van der Waals surface area (Å²) in [6.45, 7) is 1.49. The van der Waals surface area contributed by atoms with Gasteiger partial charge >= 0.3 is 0 Å². The molecule has 0 amide bonds. The van der Waals surface area contributed by atoms with E-state index < -0.39 is 11.5 Å². The fourth-order valence-electron chi connectivity index (χ4n) is 4.76. The van der Waals surface area contributed by atoms with Crippen molar-refractivity contribution < 1.29 is 13.9 Å². The van der Waals surface area contributed by atoms with Gasteiger partial charge in [0.1, 0.15) is 11.3 Å². The van der Waals surface area contributed by atoms with E-state index in [1.54, 1.807) is 18.3 Å². The number of halogens is 1. The highest BCUT2D eigenvalue weighted by atomic mass is 32.2. The smallest absolute Gasteiger partial charge is 0.220 e. The molecule has 3 aliphatic heterocycles. The van der Waals surface area contributed by atoms with E-state index in [0.29, 0.717) is 33.9 Å². The number of fused-ring (bicyclic) bond motifs is 4. The minimum Gasteiger partial charge on any atom is -0.455 e. The largest absolute Gasteiger partial charge is 0.455 e. The first-order chi connectivity index (χ1) is 15.6. The molecule has 0 radical (unpaired) electrons. The molecule has 0 bridgehead atoms. The molecule has 0 unspecified atom stereocenters. The molecular formula is C24H21FN4O2S. The number of nitrogens with two attached hydrogens (primary N) is 1. The predicted molar refractivity (Wildman–Crippen MR) is 122 cm³/mol. The number of ether oxygens (including phenoxy) is 2. The summed E-state index contributed by atoms with van der Waals surface area (Å²) in [5.74, 6) is 1.86. The second-order valence-corrected chi connectivity index (χ2v) is 9.24. The van der Waals surface area contributed by atoms with Crippen molar-refractivity contribution >= 4 is 16.9 Å². The molecule has 32 heavy (non-hydrogen) atoms. The van der Waals surface area contributed by atoms with Gasteiger partial charge in [-0.1, -0.05) is 17.8 Å². The van der Waals surface area contributed by atoms with Crippen molar-refractivity contribution in [3.8, 4) is 22.6 Å². The van der Waals surface area contributed by atoms with E-state index in [4.69, 9.17) is 25.2 Å². The molecule has 2 N–H and O–H groups in total. The highest BCUT2D eigenvalue weighted by Crippen LogP contribution is 2.54. The van der Waals surface area contributed by atoms with Crippen molar-refractivity contribution in [1.29, 1.82) is 0 Å². The molecule has 3 aromatic rings. The molecule has 1 aromatic carbocycles. The zero-order valence-electron chi connectivity index (χ0n) is 17.3. The fourth-order valence-corrected chi connectivity index (χ4v) is 5.71. The van der Waals surface area contributed by atoms with Gasteiger partial charge in [-0.2, -0.15) is 4.39 Å². The normalized spacial score (nSPS) is 22.2. The molecule has 5 heterocycles. The Hall–Kier alpha value is -2.97. The van der Waals surface area contributed by atoms with E-state index in [1.165, 1.54) is 18.0 Å². The second-order valence-electron chi connectivity index (χ2n) is 8.25. The van der Waals surface area contributed by atoms with Crippen LogP contribution in [-0.4, -0.2) is 34.1 Å². The number of rotatable bonds is 2. The third-order valence-electron chi connectivity index (χ3n) is 6.42. The number of aromatic nitrogens is 2. The van der Waals surface area contributed by atoms with Gasteiger partial charge in [-0.3, -0.25) is 4.98 Å². The lowest BCUT2D eigenvalue weighted by Crippen LogP contribution is -2.31. The zero-order valence-corrected chi connectivity index (χ0v) is 18.1. The molecule has 1 saturated heterocycles. The van der Waals surface area contributed by atoms with Crippen LogP contribution in [0.15, 0.2) is 53.8 Å². The van der Waals surface area contributed by atoms with Crippen molar-refractivity contribution in [2.24, 2.45) is 10.7 Å². The van der Waals surface area contributed by atoms with Crippen molar-refractivity contribution in [1.82, 2.24) is 9.97 Å². The average Bonchev–Trinajstić information content (AvgIpc) is 3.22. The zero-order chi connectivity index (χ0) is 21.7. The SMILES string of the molecule is NC1=N[C@@]2(CS1)c1cc(-c3cccnc3F)ccc1Oc1cnc(C3CCOCC3)cc12. The minimum absolute atomic E-state index is 0.346. The average molecular weight is 449 g/mol. The number of nitrogens with zero attached hydrogens (tertiary/aromatic N) is 3. The number of pyridine rings is 2. The van der Waals surface area contributed by atoms with E-state index in [0.717, 1.165) is 48.4 Å². The van der Waals surface area contributed by atoms with Gasteiger partial charge in [0.15, 0.2) is 10.9 Å². The van der Waals surface area contributed by atoms with E-state index in [2.05, 4.69) is 11.1 Å². The molecular weight excluding hydrogens is 427 g/mol. The summed E-state index contributed by atoms with van der Waals surface area (Å²) in [6.07, 6.45) is 5.14. The number of benzene rings is 1. The molecule has 0 aliphatic carbocycles. The van der Waals surface area contributed by atoms with Gasteiger partial charge in [0.25, 0.3) is 0 Å². The monoisotopic (exact) mass is 448 g/mol. The van der Waals surface area contributed by atoms with Gasteiger partial charge in [0.05, 0.1) is 6.20 Å². The van der Waals surface area contributed by atoms with E-state index in [9.17, 15) is 4.39 Å². The van der Waals surface area contributed by atoms with E-state index in [1.807, 2.05) is 18.2 Å². The van der Waals surface area contributed by atoms with E-state index in [-0.39, 0.29) is 0 Å². The molecule has 6 nitrogen and oxygen atoms in total. The number of amidine groups is 1. The Morgan fingerprint density at radius 3 is 2.69 bits per heavy atom. The van der Waals surface area contributed by atoms with Crippen LogP contribution in [-0.2, 0) is 10.3 Å². The molecule has 3 aliphatic rings. The van der Waals surface area contributed by atoms with Crippen molar-refractivity contribution in [3.05, 3.63) is 71.6 Å². The molecule has 0 saturated carbocycles. The van der Waals surface area contributed by atoms with Gasteiger partial charge in [0, 0.05) is 53.5 Å². The first-order valence-electron chi connectivity index (χ1n) is 10.6. The molecule has 1 fully saturated rings. The third kappa shape index (κ3) is 3.09. The van der Waals surface area contributed by atoms with Crippen LogP contribution >= 0.6 is 11.8 Å². The number of hydrogen-bond acceptors (Lipinski definition) is 7. The Morgan fingerprint density at radius 1 is 1.06 bits per heavy atom. The Bertz CT molecular complexity index is 1240. The lowest BCUT2D eigenvalue weighted by Gasteiger charge is -2.35.